The van der Waals surface area contributed by atoms with Crippen LogP contribution in [0, 0.1) is 18.8 Å². The molecule has 49 heavy (non-hydrogen) atoms. The van der Waals surface area contributed by atoms with Gasteiger partial charge >= 0.3 is 12.1 Å². The Morgan fingerprint density at radius 1 is 0.980 bits per heavy atom. The van der Waals surface area contributed by atoms with Gasteiger partial charge in [-0.15, -0.1) is 0 Å². The second-order valence-corrected chi connectivity index (χ2v) is 13.0. The molecule has 0 radical (unpaired) electrons. The van der Waals surface area contributed by atoms with Crippen LogP contribution in [-0.4, -0.2) is 71.1 Å². The molecule has 3 aromatic heterocycles. The van der Waals surface area contributed by atoms with Crippen LogP contribution in [0.5, 0.6) is 0 Å². The molecule has 1 fully saturated rings. The van der Waals surface area contributed by atoms with Gasteiger partial charge in [0.05, 0.1) is 23.9 Å². The number of hydrogen-bond acceptors (Lipinski definition) is 11. The molecule has 3 aromatic rings. The number of esters is 1. The van der Waals surface area contributed by atoms with E-state index in [0.717, 1.165) is 37.8 Å². The van der Waals surface area contributed by atoms with Crippen LogP contribution in [0.1, 0.15) is 81.5 Å². The van der Waals surface area contributed by atoms with E-state index in [1.165, 1.54) is 18.3 Å². The lowest BCUT2D eigenvalue weighted by molar-refractivity contribution is -0.160. The quantitative estimate of drug-likeness (QED) is 0.0893. The van der Waals surface area contributed by atoms with Crippen LogP contribution in [0.4, 0.5) is 25.2 Å². The van der Waals surface area contributed by atoms with Crippen molar-refractivity contribution in [2.24, 2.45) is 11.8 Å². The molecular weight excluding hydrogens is 636 g/mol. The molecule has 0 amide bonds. The number of aliphatic hydroxyl groups is 1. The number of unbranched alkanes of at least 4 members (excludes halogenated alkanes) is 3. The molecule has 0 aromatic carbocycles. The number of aryl methyl sites for hydroxylation is 1. The molecule has 3 heterocycles. The van der Waals surface area contributed by atoms with E-state index in [2.05, 4.69) is 25.2 Å². The first kappa shape index (κ1) is 37.6. The van der Waals surface area contributed by atoms with Crippen LogP contribution < -0.4 is 5.32 Å². The van der Waals surface area contributed by atoms with Crippen LogP contribution >= 0.6 is 0 Å². The number of anilines is 2. The maximum Gasteiger partial charge on any atom is 0.511 e. The fourth-order valence-electron chi connectivity index (χ4n) is 5.94. The maximum atomic E-state index is 13.1. The van der Waals surface area contributed by atoms with Gasteiger partial charge in [-0.05, 0) is 121 Å². The minimum atomic E-state index is -2.61. The molecular formula is C36H47F2N5O6. The summed E-state index contributed by atoms with van der Waals surface area (Å²) in [4.78, 5) is 39.8. The molecule has 0 saturated heterocycles. The lowest BCUT2D eigenvalue weighted by Crippen LogP contribution is -2.37. The highest BCUT2D eigenvalue weighted by molar-refractivity contribution is 5.72. The third kappa shape index (κ3) is 11.4. The number of alkyl halides is 2. The van der Waals surface area contributed by atoms with Gasteiger partial charge in [-0.3, -0.25) is 9.78 Å². The van der Waals surface area contributed by atoms with E-state index in [1.54, 1.807) is 25.3 Å². The van der Waals surface area contributed by atoms with E-state index in [1.807, 2.05) is 33.2 Å². The number of hydrogen-bond donors (Lipinski definition) is 2. The van der Waals surface area contributed by atoms with Crippen LogP contribution in [0.3, 0.4) is 0 Å². The number of pyridine rings is 3. The predicted molar refractivity (Wildman–Crippen MR) is 180 cm³/mol. The summed E-state index contributed by atoms with van der Waals surface area (Å²) in [6, 6.07) is 9.82. The van der Waals surface area contributed by atoms with Gasteiger partial charge < -0.3 is 29.5 Å². The minimum Gasteiger partial charge on any atom is -0.434 e. The SMILES string of the molecule is Cc1cc(Nc2cc(C(F)F)ccn2)nc(-c2ccc([C@](C)(O)[C@H]3CC[C@H](C(=O)OCOC(=O)OCCCCCCN(C)C)CC3)nc2)c1. The molecule has 0 spiro atoms. The zero-order valence-corrected chi connectivity index (χ0v) is 28.7. The summed E-state index contributed by atoms with van der Waals surface area (Å²) in [5, 5.41) is 14.5. The summed E-state index contributed by atoms with van der Waals surface area (Å²) in [6.07, 6.45) is 5.58. The lowest BCUT2D eigenvalue weighted by Gasteiger charge is -2.37. The summed E-state index contributed by atoms with van der Waals surface area (Å²) in [5.41, 5.74) is 1.36. The number of nitrogens with one attached hydrogen (secondary N) is 1. The van der Waals surface area contributed by atoms with Crippen LogP contribution in [0.2, 0.25) is 0 Å². The first-order valence-electron chi connectivity index (χ1n) is 16.7. The number of carbonyl (C=O) groups excluding carboxylic acids is 2. The Bertz CT molecular complexity index is 1510. The van der Waals surface area contributed by atoms with Crippen molar-refractivity contribution in [3.8, 4) is 11.3 Å². The largest absolute Gasteiger partial charge is 0.511 e. The summed E-state index contributed by atoms with van der Waals surface area (Å²) < 4.78 is 41.4. The fraction of sp³-hybridized carbons (Fsp3) is 0.528. The number of carbonyl (C=O) groups is 2. The number of rotatable bonds is 16. The van der Waals surface area contributed by atoms with Gasteiger partial charge in [-0.25, -0.2) is 23.5 Å². The molecule has 0 unspecified atom stereocenters. The summed E-state index contributed by atoms with van der Waals surface area (Å²) >= 11 is 0. The second kappa shape index (κ2) is 18.0. The predicted octanol–water partition coefficient (Wildman–Crippen LogP) is 7.32. The standard InChI is InChI=1S/C36H47F2N5O6/c1-24-19-29(41-32(20-24)42-31-21-26(33(37)38)15-16-39-31)27-11-14-30(40-22-27)36(2,46)28-12-9-25(10-13-28)34(44)48-23-49-35(45)47-18-8-6-5-7-17-43(3)4/h11,14-16,19-22,25,28,33,46H,5-10,12-13,17-18,23H2,1-4H3,(H,39,41,42)/t25-,28-,36-/m1/s1. The molecule has 1 aliphatic carbocycles. The highest BCUT2D eigenvalue weighted by Crippen LogP contribution is 2.41. The zero-order valence-electron chi connectivity index (χ0n) is 28.7. The maximum absolute atomic E-state index is 13.1. The highest BCUT2D eigenvalue weighted by Gasteiger charge is 2.39. The van der Waals surface area contributed by atoms with Gasteiger partial charge in [-0.1, -0.05) is 12.8 Å². The number of nitrogens with zero attached hydrogens (tertiary/aromatic N) is 4. The van der Waals surface area contributed by atoms with Gasteiger partial charge in [0.1, 0.15) is 17.2 Å². The van der Waals surface area contributed by atoms with Crippen LogP contribution in [0.15, 0.2) is 48.8 Å². The Balaban J connectivity index is 1.22. The number of halogens is 2. The summed E-state index contributed by atoms with van der Waals surface area (Å²) in [5.74, 6) is -0.216. The third-order valence-electron chi connectivity index (χ3n) is 8.79. The first-order valence-corrected chi connectivity index (χ1v) is 16.7. The van der Waals surface area contributed by atoms with E-state index in [-0.39, 0.29) is 29.8 Å². The average Bonchev–Trinajstić information content (AvgIpc) is 3.07. The molecule has 266 valence electrons. The molecule has 13 heteroatoms. The molecule has 4 rings (SSSR count). The van der Waals surface area contributed by atoms with Crippen molar-refractivity contribution in [2.45, 2.75) is 77.2 Å². The molecule has 0 bridgehead atoms. The normalized spacial score (nSPS) is 17.4. The van der Waals surface area contributed by atoms with Crippen molar-refractivity contribution < 1.29 is 37.7 Å². The Hall–Kier alpha value is -4.23. The Morgan fingerprint density at radius 3 is 2.43 bits per heavy atom. The van der Waals surface area contributed by atoms with Gasteiger partial charge in [0.15, 0.2) is 0 Å². The molecule has 1 aliphatic rings. The van der Waals surface area contributed by atoms with Gasteiger partial charge in [-0.2, -0.15) is 0 Å². The van der Waals surface area contributed by atoms with Crippen LogP contribution in [0.25, 0.3) is 11.3 Å². The second-order valence-electron chi connectivity index (χ2n) is 13.0. The van der Waals surface area contributed by atoms with Crippen molar-refractivity contribution in [1.29, 1.82) is 0 Å². The van der Waals surface area contributed by atoms with E-state index >= 15 is 0 Å². The van der Waals surface area contributed by atoms with Crippen molar-refractivity contribution in [3.05, 3.63) is 65.6 Å². The van der Waals surface area contributed by atoms with Crippen molar-refractivity contribution >= 4 is 23.8 Å². The van der Waals surface area contributed by atoms with E-state index in [9.17, 15) is 23.5 Å². The molecule has 0 aliphatic heterocycles. The molecule has 11 nitrogen and oxygen atoms in total. The fourth-order valence-corrected chi connectivity index (χ4v) is 5.94. The third-order valence-corrected chi connectivity index (χ3v) is 8.79. The first-order chi connectivity index (χ1) is 23.4. The average molecular weight is 684 g/mol. The Kier molecular flexibility index (Phi) is 13.8. The lowest BCUT2D eigenvalue weighted by atomic mass is 9.73. The Morgan fingerprint density at radius 2 is 1.73 bits per heavy atom. The molecule has 1 saturated carbocycles. The van der Waals surface area contributed by atoms with E-state index < -0.39 is 30.9 Å². The number of ether oxygens (including phenoxy) is 3. The van der Waals surface area contributed by atoms with Gasteiger partial charge in [0.2, 0.25) is 6.79 Å². The molecule has 1 atom stereocenters. The van der Waals surface area contributed by atoms with Crippen molar-refractivity contribution in [3.63, 3.8) is 0 Å². The zero-order chi connectivity index (χ0) is 35.4. The minimum absolute atomic E-state index is 0.131. The van der Waals surface area contributed by atoms with E-state index in [0.29, 0.717) is 48.5 Å². The van der Waals surface area contributed by atoms with Crippen molar-refractivity contribution in [1.82, 2.24) is 19.9 Å². The van der Waals surface area contributed by atoms with Gasteiger partial charge in [0, 0.05) is 23.5 Å². The van der Waals surface area contributed by atoms with Crippen molar-refractivity contribution in [2.75, 3.05) is 39.4 Å². The van der Waals surface area contributed by atoms with Gasteiger partial charge in [0.25, 0.3) is 6.43 Å². The van der Waals surface area contributed by atoms with Crippen LogP contribution in [-0.2, 0) is 24.6 Å². The summed E-state index contributed by atoms with van der Waals surface area (Å²) in [7, 11) is 4.07. The smallest absolute Gasteiger partial charge is 0.434 e. The highest BCUT2D eigenvalue weighted by atomic mass is 19.3. The monoisotopic (exact) mass is 683 g/mol. The number of aromatic nitrogens is 3. The van der Waals surface area contributed by atoms with E-state index in [4.69, 9.17) is 14.2 Å². The summed E-state index contributed by atoms with van der Waals surface area (Å²) in [6.45, 7) is 4.43. The Labute approximate surface area is 286 Å². The topological polar surface area (TPSA) is 136 Å². The molecule has 2 N–H and O–H groups in total.